The van der Waals surface area contributed by atoms with Crippen molar-refractivity contribution in [3.8, 4) is 5.69 Å². The third kappa shape index (κ3) is 1.24. The van der Waals surface area contributed by atoms with Crippen LogP contribution in [0.2, 0.25) is 0 Å². The lowest BCUT2D eigenvalue weighted by Gasteiger charge is -2.02. The van der Waals surface area contributed by atoms with Crippen LogP contribution in [-0.4, -0.2) is 14.5 Å². The molecule has 0 radical (unpaired) electrons. The smallest absolute Gasteiger partial charge is 0.276 e. The van der Waals surface area contributed by atoms with Crippen molar-refractivity contribution >= 4 is 11.0 Å². The van der Waals surface area contributed by atoms with E-state index >= 15 is 0 Å². The molecule has 3 aromatic rings. The van der Waals surface area contributed by atoms with E-state index in [4.69, 9.17) is 0 Å². The maximum Gasteiger partial charge on any atom is 0.276 e. The van der Waals surface area contributed by atoms with E-state index < -0.39 is 0 Å². The maximum absolute atomic E-state index is 11.5. The van der Waals surface area contributed by atoms with E-state index in [-0.39, 0.29) is 5.56 Å². The fourth-order valence-corrected chi connectivity index (χ4v) is 1.75. The SMILES string of the molecule is O=c1[nH]ccc2c1ncn2-c1ccccc1. The molecule has 1 aromatic carbocycles. The number of nitrogens with zero attached hydrogens (tertiary/aromatic N) is 2. The molecular formula is C12H9N3O. The molecule has 16 heavy (non-hydrogen) atoms. The van der Waals surface area contributed by atoms with Gasteiger partial charge in [-0.2, -0.15) is 0 Å². The Labute approximate surface area is 91.2 Å². The van der Waals surface area contributed by atoms with Gasteiger partial charge in [-0.1, -0.05) is 18.2 Å². The molecule has 0 spiro atoms. The monoisotopic (exact) mass is 211 g/mol. The minimum Gasteiger partial charge on any atom is -0.327 e. The van der Waals surface area contributed by atoms with Gasteiger partial charge in [0, 0.05) is 11.9 Å². The van der Waals surface area contributed by atoms with Crippen molar-refractivity contribution in [2.45, 2.75) is 0 Å². The summed E-state index contributed by atoms with van der Waals surface area (Å²) in [6.07, 6.45) is 3.29. The first-order valence-corrected chi connectivity index (χ1v) is 4.96. The number of nitrogens with one attached hydrogen (secondary N) is 1. The number of pyridine rings is 1. The van der Waals surface area contributed by atoms with E-state index in [0.29, 0.717) is 5.52 Å². The zero-order chi connectivity index (χ0) is 11.0. The van der Waals surface area contributed by atoms with Crippen molar-refractivity contribution in [2.24, 2.45) is 0 Å². The third-order valence-corrected chi connectivity index (χ3v) is 2.51. The number of fused-ring (bicyclic) bond motifs is 1. The molecule has 1 N–H and O–H groups in total. The van der Waals surface area contributed by atoms with Gasteiger partial charge in [-0.3, -0.25) is 9.36 Å². The van der Waals surface area contributed by atoms with E-state index in [1.165, 1.54) is 0 Å². The quantitative estimate of drug-likeness (QED) is 0.666. The molecule has 2 heterocycles. The first kappa shape index (κ1) is 8.91. The van der Waals surface area contributed by atoms with Crippen LogP contribution in [0.1, 0.15) is 0 Å². The fraction of sp³-hybridized carbons (Fsp3) is 0. The zero-order valence-corrected chi connectivity index (χ0v) is 8.42. The van der Waals surface area contributed by atoms with Crippen molar-refractivity contribution in [2.75, 3.05) is 0 Å². The zero-order valence-electron chi connectivity index (χ0n) is 8.42. The average molecular weight is 211 g/mol. The molecular weight excluding hydrogens is 202 g/mol. The Balaban J connectivity index is 2.34. The largest absolute Gasteiger partial charge is 0.327 e. The normalized spacial score (nSPS) is 10.8. The lowest BCUT2D eigenvalue weighted by atomic mass is 10.3. The molecule has 4 heteroatoms. The van der Waals surface area contributed by atoms with Gasteiger partial charge in [0.25, 0.3) is 5.56 Å². The minimum absolute atomic E-state index is 0.160. The molecule has 0 atom stereocenters. The number of H-pyrrole nitrogens is 1. The molecule has 78 valence electrons. The van der Waals surface area contributed by atoms with Crippen molar-refractivity contribution in [1.29, 1.82) is 0 Å². The number of hydrogen-bond acceptors (Lipinski definition) is 2. The van der Waals surface area contributed by atoms with Crippen LogP contribution < -0.4 is 5.56 Å². The lowest BCUT2D eigenvalue weighted by molar-refractivity contribution is 1.09. The standard InChI is InChI=1S/C12H9N3O/c16-12-11-10(6-7-13-12)15(8-14-11)9-4-2-1-3-5-9/h1-8H,(H,13,16). The first-order valence-electron chi connectivity index (χ1n) is 4.96. The van der Waals surface area contributed by atoms with Crippen molar-refractivity contribution in [3.05, 3.63) is 59.3 Å². The highest BCUT2D eigenvalue weighted by molar-refractivity contribution is 5.75. The Hall–Kier alpha value is -2.36. The molecule has 4 nitrogen and oxygen atoms in total. The summed E-state index contributed by atoms with van der Waals surface area (Å²) in [6.45, 7) is 0. The Morgan fingerprint density at radius 2 is 1.94 bits per heavy atom. The summed E-state index contributed by atoms with van der Waals surface area (Å²) >= 11 is 0. The Morgan fingerprint density at radius 1 is 1.12 bits per heavy atom. The number of imidazole rings is 1. The summed E-state index contributed by atoms with van der Waals surface area (Å²) in [5.74, 6) is 0. The molecule has 0 aliphatic heterocycles. The third-order valence-electron chi connectivity index (χ3n) is 2.51. The van der Waals surface area contributed by atoms with Gasteiger partial charge in [0.1, 0.15) is 6.33 Å². The van der Waals surface area contributed by atoms with Crippen molar-refractivity contribution in [3.63, 3.8) is 0 Å². The number of rotatable bonds is 1. The van der Waals surface area contributed by atoms with Crippen LogP contribution in [0, 0.1) is 0 Å². The van der Waals surface area contributed by atoms with Gasteiger partial charge in [-0.25, -0.2) is 4.98 Å². The maximum atomic E-state index is 11.5. The molecule has 2 aromatic heterocycles. The second kappa shape index (κ2) is 3.34. The van der Waals surface area contributed by atoms with Gasteiger partial charge in [-0.15, -0.1) is 0 Å². The number of aromatic nitrogens is 3. The second-order valence-electron chi connectivity index (χ2n) is 3.49. The Kier molecular flexibility index (Phi) is 1.86. The molecule has 0 aliphatic rings. The summed E-state index contributed by atoms with van der Waals surface area (Å²) in [5.41, 5.74) is 2.11. The minimum atomic E-state index is -0.160. The van der Waals surface area contributed by atoms with Crippen molar-refractivity contribution in [1.82, 2.24) is 14.5 Å². The van der Waals surface area contributed by atoms with E-state index in [9.17, 15) is 4.79 Å². The number of para-hydroxylation sites is 1. The van der Waals surface area contributed by atoms with E-state index in [1.807, 2.05) is 41.0 Å². The van der Waals surface area contributed by atoms with E-state index in [0.717, 1.165) is 11.2 Å². The van der Waals surface area contributed by atoms with Gasteiger partial charge in [0.05, 0.1) is 5.52 Å². The molecule has 0 amide bonds. The molecule has 0 saturated heterocycles. The number of hydrogen-bond donors (Lipinski definition) is 1. The van der Waals surface area contributed by atoms with Gasteiger partial charge in [0.15, 0.2) is 5.52 Å². The highest BCUT2D eigenvalue weighted by atomic mass is 16.1. The molecule has 0 saturated carbocycles. The number of benzene rings is 1. The Bertz CT molecular complexity index is 682. The highest BCUT2D eigenvalue weighted by Gasteiger charge is 2.05. The molecule has 3 rings (SSSR count). The second-order valence-corrected chi connectivity index (χ2v) is 3.49. The summed E-state index contributed by atoms with van der Waals surface area (Å²) < 4.78 is 1.89. The van der Waals surface area contributed by atoms with Crippen LogP contribution >= 0.6 is 0 Å². The van der Waals surface area contributed by atoms with Crippen LogP contribution in [-0.2, 0) is 0 Å². The van der Waals surface area contributed by atoms with Gasteiger partial charge in [-0.05, 0) is 18.2 Å². The average Bonchev–Trinajstić information content (AvgIpc) is 2.75. The first-order chi connectivity index (χ1) is 7.86. The van der Waals surface area contributed by atoms with Crippen LogP contribution in [0.4, 0.5) is 0 Å². The molecule has 0 bridgehead atoms. The summed E-state index contributed by atoms with van der Waals surface area (Å²) in [5, 5.41) is 0. The van der Waals surface area contributed by atoms with E-state index in [1.54, 1.807) is 12.5 Å². The predicted molar refractivity (Wildman–Crippen MR) is 61.7 cm³/mol. The topological polar surface area (TPSA) is 50.7 Å². The van der Waals surface area contributed by atoms with Crippen LogP contribution in [0.15, 0.2) is 53.7 Å². The fourth-order valence-electron chi connectivity index (χ4n) is 1.75. The lowest BCUT2D eigenvalue weighted by Crippen LogP contribution is -2.04. The summed E-state index contributed by atoms with van der Waals surface area (Å²) in [6, 6.07) is 11.7. The molecule has 0 aliphatic carbocycles. The predicted octanol–water partition coefficient (Wildman–Crippen LogP) is 1.71. The van der Waals surface area contributed by atoms with E-state index in [2.05, 4.69) is 9.97 Å². The Morgan fingerprint density at radius 3 is 2.75 bits per heavy atom. The summed E-state index contributed by atoms with van der Waals surface area (Å²) in [4.78, 5) is 18.2. The van der Waals surface area contributed by atoms with Crippen LogP contribution in [0.25, 0.3) is 16.7 Å². The van der Waals surface area contributed by atoms with Crippen LogP contribution in [0.5, 0.6) is 0 Å². The summed E-state index contributed by atoms with van der Waals surface area (Å²) in [7, 11) is 0. The number of aromatic amines is 1. The van der Waals surface area contributed by atoms with Gasteiger partial charge < -0.3 is 4.98 Å². The van der Waals surface area contributed by atoms with Gasteiger partial charge >= 0.3 is 0 Å². The molecule has 0 unspecified atom stereocenters. The van der Waals surface area contributed by atoms with Crippen molar-refractivity contribution < 1.29 is 0 Å². The highest BCUT2D eigenvalue weighted by Crippen LogP contribution is 2.14. The van der Waals surface area contributed by atoms with Crippen LogP contribution in [0.3, 0.4) is 0 Å². The molecule has 0 fully saturated rings. The van der Waals surface area contributed by atoms with Gasteiger partial charge in [0.2, 0.25) is 0 Å².